The van der Waals surface area contributed by atoms with Crippen molar-refractivity contribution in [2.45, 2.75) is 39.2 Å². The van der Waals surface area contributed by atoms with Crippen molar-refractivity contribution < 1.29 is 4.42 Å². The van der Waals surface area contributed by atoms with Crippen LogP contribution < -0.4 is 0 Å². The van der Waals surface area contributed by atoms with Gasteiger partial charge in [0.15, 0.2) is 5.76 Å². The summed E-state index contributed by atoms with van der Waals surface area (Å²) in [5.74, 6) is 0.660. The first-order chi connectivity index (χ1) is 8.77. The van der Waals surface area contributed by atoms with Gasteiger partial charge in [0.25, 0.3) is 0 Å². The highest BCUT2D eigenvalue weighted by Crippen LogP contribution is 2.25. The van der Waals surface area contributed by atoms with Crippen LogP contribution in [0.3, 0.4) is 0 Å². The van der Waals surface area contributed by atoms with E-state index in [0.29, 0.717) is 11.5 Å². The standard InChI is InChI=1S/C15H18N2O/c1-11-10-12(15(16)14-7-5-9-18-14)13-6-3-2-4-8-17(11)13/h5,7,9-10,16H,2-4,6,8H2,1H3. The van der Waals surface area contributed by atoms with Crippen LogP contribution in [-0.4, -0.2) is 10.3 Å². The maximum atomic E-state index is 8.31. The fraction of sp³-hybridized carbons (Fsp3) is 0.400. The second kappa shape index (κ2) is 4.48. The molecule has 2 aromatic heterocycles. The molecule has 0 atom stereocenters. The monoisotopic (exact) mass is 242 g/mol. The molecule has 0 bridgehead atoms. The first-order valence-electron chi connectivity index (χ1n) is 6.59. The normalized spacial score (nSPS) is 15.2. The molecule has 0 fully saturated rings. The number of hydrogen-bond acceptors (Lipinski definition) is 2. The molecule has 1 N–H and O–H groups in total. The number of hydrogen-bond donors (Lipinski definition) is 1. The van der Waals surface area contributed by atoms with Gasteiger partial charge in [0, 0.05) is 23.5 Å². The molecule has 0 spiro atoms. The molecule has 3 nitrogen and oxygen atoms in total. The average Bonchev–Trinajstić information content (AvgIpc) is 2.92. The summed E-state index contributed by atoms with van der Waals surface area (Å²) in [4.78, 5) is 0. The zero-order valence-corrected chi connectivity index (χ0v) is 10.7. The Morgan fingerprint density at radius 2 is 2.22 bits per heavy atom. The molecule has 0 aromatic carbocycles. The summed E-state index contributed by atoms with van der Waals surface area (Å²) in [5, 5.41) is 8.31. The molecule has 18 heavy (non-hydrogen) atoms. The summed E-state index contributed by atoms with van der Waals surface area (Å²) in [6.07, 6.45) is 6.46. The highest BCUT2D eigenvalue weighted by Gasteiger charge is 2.19. The van der Waals surface area contributed by atoms with Gasteiger partial charge in [0.2, 0.25) is 0 Å². The summed E-state index contributed by atoms with van der Waals surface area (Å²) in [5.41, 5.74) is 4.13. The zero-order valence-electron chi connectivity index (χ0n) is 10.7. The number of aromatic nitrogens is 1. The fourth-order valence-electron chi connectivity index (χ4n) is 2.82. The van der Waals surface area contributed by atoms with Gasteiger partial charge in [-0.05, 0) is 44.4 Å². The minimum atomic E-state index is 0.513. The Kier molecular flexibility index (Phi) is 2.82. The summed E-state index contributed by atoms with van der Waals surface area (Å²) in [6.45, 7) is 3.22. The number of nitrogens with zero attached hydrogens (tertiary/aromatic N) is 1. The summed E-state index contributed by atoms with van der Waals surface area (Å²) in [7, 11) is 0. The van der Waals surface area contributed by atoms with Crippen LogP contribution in [-0.2, 0) is 13.0 Å². The summed E-state index contributed by atoms with van der Waals surface area (Å²) < 4.78 is 7.72. The molecule has 3 heterocycles. The molecule has 0 saturated carbocycles. The lowest BCUT2D eigenvalue weighted by Gasteiger charge is -2.08. The van der Waals surface area contributed by atoms with Crippen molar-refractivity contribution in [1.82, 2.24) is 4.57 Å². The lowest BCUT2D eigenvalue weighted by molar-refractivity contribution is 0.557. The zero-order chi connectivity index (χ0) is 12.5. The van der Waals surface area contributed by atoms with Crippen molar-refractivity contribution in [2.75, 3.05) is 0 Å². The van der Waals surface area contributed by atoms with E-state index in [0.717, 1.165) is 18.5 Å². The van der Waals surface area contributed by atoms with E-state index >= 15 is 0 Å². The molecular formula is C15H18N2O. The van der Waals surface area contributed by atoms with Crippen molar-refractivity contribution in [3.05, 3.63) is 47.2 Å². The number of rotatable bonds is 2. The van der Waals surface area contributed by atoms with E-state index < -0.39 is 0 Å². The Morgan fingerprint density at radius 1 is 1.33 bits per heavy atom. The van der Waals surface area contributed by atoms with Gasteiger partial charge in [0.1, 0.15) is 5.71 Å². The van der Waals surface area contributed by atoms with Gasteiger partial charge in [-0.1, -0.05) is 6.42 Å². The van der Waals surface area contributed by atoms with Gasteiger partial charge >= 0.3 is 0 Å². The SMILES string of the molecule is Cc1cc(C(=N)c2ccco2)c2n1CCCCC2. The number of nitrogens with one attached hydrogen (secondary N) is 1. The minimum Gasteiger partial charge on any atom is -0.463 e. The number of fused-ring (bicyclic) bond motifs is 1. The van der Waals surface area contributed by atoms with Crippen LogP contribution in [0.4, 0.5) is 0 Å². The quantitative estimate of drug-likeness (QED) is 0.804. The van der Waals surface area contributed by atoms with E-state index in [1.165, 1.54) is 30.7 Å². The predicted molar refractivity (Wildman–Crippen MR) is 71.4 cm³/mol. The topological polar surface area (TPSA) is 41.9 Å². The molecule has 0 unspecified atom stereocenters. The third-order valence-corrected chi connectivity index (χ3v) is 3.75. The van der Waals surface area contributed by atoms with Crippen LogP contribution in [0.25, 0.3) is 0 Å². The molecule has 94 valence electrons. The molecule has 0 amide bonds. The van der Waals surface area contributed by atoms with Gasteiger partial charge in [-0.2, -0.15) is 0 Å². The Balaban J connectivity index is 2.05. The van der Waals surface area contributed by atoms with Crippen molar-refractivity contribution in [1.29, 1.82) is 5.41 Å². The minimum absolute atomic E-state index is 0.513. The Labute approximate surface area is 107 Å². The van der Waals surface area contributed by atoms with E-state index in [1.54, 1.807) is 6.26 Å². The largest absolute Gasteiger partial charge is 0.463 e. The van der Waals surface area contributed by atoms with E-state index in [-0.39, 0.29) is 0 Å². The predicted octanol–water partition coefficient (Wildman–Crippen LogP) is 3.53. The lowest BCUT2D eigenvalue weighted by Crippen LogP contribution is -2.07. The molecule has 0 saturated heterocycles. The second-order valence-electron chi connectivity index (χ2n) is 4.96. The average molecular weight is 242 g/mol. The maximum absolute atomic E-state index is 8.31. The molecule has 2 aromatic rings. The van der Waals surface area contributed by atoms with Crippen LogP contribution in [0, 0.1) is 12.3 Å². The van der Waals surface area contributed by atoms with Crippen LogP contribution in [0.5, 0.6) is 0 Å². The van der Waals surface area contributed by atoms with Crippen molar-refractivity contribution in [3.8, 4) is 0 Å². The van der Waals surface area contributed by atoms with Crippen molar-refractivity contribution in [3.63, 3.8) is 0 Å². The summed E-state index contributed by atoms with van der Waals surface area (Å²) in [6, 6.07) is 5.83. The second-order valence-corrected chi connectivity index (χ2v) is 4.96. The van der Waals surface area contributed by atoms with Crippen molar-refractivity contribution in [2.24, 2.45) is 0 Å². The molecule has 3 heteroatoms. The highest BCUT2D eigenvalue weighted by molar-refractivity contribution is 6.10. The maximum Gasteiger partial charge on any atom is 0.152 e. The first-order valence-corrected chi connectivity index (χ1v) is 6.59. The van der Waals surface area contributed by atoms with Crippen molar-refractivity contribution >= 4 is 5.71 Å². The van der Waals surface area contributed by atoms with Crippen LogP contribution in [0.15, 0.2) is 28.9 Å². The molecule has 0 radical (unpaired) electrons. The van der Waals surface area contributed by atoms with Crippen LogP contribution in [0.1, 0.15) is 42.0 Å². The summed E-state index contributed by atoms with van der Waals surface area (Å²) >= 11 is 0. The van der Waals surface area contributed by atoms with Gasteiger partial charge in [0.05, 0.1) is 6.26 Å². The first kappa shape index (κ1) is 11.3. The third kappa shape index (κ3) is 1.80. The molecular weight excluding hydrogens is 224 g/mol. The highest BCUT2D eigenvalue weighted by atomic mass is 16.3. The smallest absolute Gasteiger partial charge is 0.152 e. The Morgan fingerprint density at radius 3 is 3.00 bits per heavy atom. The Hall–Kier alpha value is -1.77. The molecule has 1 aliphatic heterocycles. The molecule has 3 rings (SSSR count). The third-order valence-electron chi connectivity index (χ3n) is 3.75. The molecule has 1 aliphatic rings. The lowest BCUT2D eigenvalue weighted by atomic mass is 10.0. The van der Waals surface area contributed by atoms with E-state index in [2.05, 4.69) is 17.6 Å². The van der Waals surface area contributed by atoms with Gasteiger partial charge in [-0.15, -0.1) is 0 Å². The van der Waals surface area contributed by atoms with Crippen LogP contribution >= 0.6 is 0 Å². The fourth-order valence-corrected chi connectivity index (χ4v) is 2.82. The Bertz CT molecular complexity index is 564. The van der Waals surface area contributed by atoms with E-state index in [9.17, 15) is 0 Å². The molecule has 0 aliphatic carbocycles. The van der Waals surface area contributed by atoms with Gasteiger partial charge in [-0.3, -0.25) is 5.41 Å². The number of aryl methyl sites for hydroxylation is 1. The van der Waals surface area contributed by atoms with Crippen LogP contribution in [0.2, 0.25) is 0 Å². The van der Waals surface area contributed by atoms with E-state index in [4.69, 9.17) is 9.83 Å². The van der Waals surface area contributed by atoms with Gasteiger partial charge < -0.3 is 8.98 Å². The number of furan rings is 1. The van der Waals surface area contributed by atoms with E-state index in [1.807, 2.05) is 12.1 Å². The van der Waals surface area contributed by atoms with Gasteiger partial charge in [-0.25, -0.2) is 0 Å².